The molecule has 0 aromatic rings. The van der Waals surface area contributed by atoms with Crippen LogP contribution in [0.4, 0.5) is 0 Å². The molecule has 0 amide bonds. The van der Waals surface area contributed by atoms with Gasteiger partial charge in [-0.2, -0.15) is 0 Å². The molecule has 1 heterocycles. The third-order valence-electron chi connectivity index (χ3n) is 3.50. The molecular formula is C15H28O5. The minimum absolute atomic E-state index is 0.0521. The maximum absolute atomic E-state index is 9.78. The van der Waals surface area contributed by atoms with Gasteiger partial charge in [-0.05, 0) is 18.9 Å². The van der Waals surface area contributed by atoms with E-state index in [9.17, 15) is 15.3 Å². The number of rotatable bonds is 10. The first-order valence-electron chi connectivity index (χ1n) is 7.59. The summed E-state index contributed by atoms with van der Waals surface area (Å²) in [6.07, 6.45) is 7.04. The number of ether oxygens (including phenoxy) is 2. The van der Waals surface area contributed by atoms with Crippen molar-refractivity contribution in [1.29, 1.82) is 0 Å². The number of hydrogen-bond acceptors (Lipinski definition) is 5. The number of aliphatic hydroxyl groups is 3. The van der Waals surface area contributed by atoms with Crippen molar-refractivity contribution in [3.05, 3.63) is 12.3 Å². The Hall–Kier alpha value is -0.620. The molecule has 3 N–H and O–H groups in total. The van der Waals surface area contributed by atoms with Gasteiger partial charge in [-0.1, -0.05) is 32.6 Å². The van der Waals surface area contributed by atoms with Gasteiger partial charge in [-0.15, -0.1) is 0 Å². The molecule has 118 valence electrons. The monoisotopic (exact) mass is 288 g/mol. The molecule has 0 bridgehead atoms. The van der Waals surface area contributed by atoms with Crippen LogP contribution in [-0.2, 0) is 9.47 Å². The Bertz CT molecular complexity index is 269. The van der Waals surface area contributed by atoms with E-state index in [1.165, 1.54) is 25.7 Å². The molecule has 1 fully saturated rings. The number of hydrogen-bond donors (Lipinski definition) is 3. The summed E-state index contributed by atoms with van der Waals surface area (Å²) < 4.78 is 10.3. The predicted octanol–water partition coefficient (Wildman–Crippen LogP) is 1.36. The molecule has 5 nitrogen and oxygen atoms in total. The second kappa shape index (κ2) is 10.2. The smallest absolute Gasteiger partial charge is 0.117 e. The predicted molar refractivity (Wildman–Crippen MR) is 76.2 cm³/mol. The van der Waals surface area contributed by atoms with Crippen LogP contribution < -0.4 is 0 Å². The van der Waals surface area contributed by atoms with Gasteiger partial charge in [0.1, 0.15) is 31.0 Å². The molecule has 1 aliphatic heterocycles. The van der Waals surface area contributed by atoms with Crippen LogP contribution in [0.3, 0.4) is 0 Å². The first-order chi connectivity index (χ1) is 9.66. The van der Waals surface area contributed by atoms with Crippen LogP contribution in [0, 0.1) is 0 Å². The Labute approximate surface area is 121 Å². The summed E-state index contributed by atoms with van der Waals surface area (Å²) in [5.41, 5.74) is 0. The van der Waals surface area contributed by atoms with Gasteiger partial charge >= 0.3 is 0 Å². The SMILES string of the molecule is CCCCCCC/C=C/OC[C@H](O)[C@H]1OC[C@@H](O)[C@H]1O. The first kappa shape index (κ1) is 17.4. The third kappa shape index (κ3) is 6.22. The Kier molecular flexibility index (Phi) is 8.85. The van der Waals surface area contributed by atoms with Crippen molar-refractivity contribution >= 4 is 0 Å². The fourth-order valence-corrected chi connectivity index (χ4v) is 2.22. The Balaban J connectivity index is 2.03. The molecule has 1 rings (SSSR count). The van der Waals surface area contributed by atoms with E-state index in [0.717, 1.165) is 12.8 Å². The lowest BCUT2D eigenvalue weighted by atomic mass is 10.1. The largest absolute Gasteiger partial charge is 0.499 e. The van der Waals surface area contributed by atoms with Crippen molar-refractivity contribution in [1.82, 2.24) is 0 Å². The van der Waals surface area contributed by atoms with E-state index < -0.39 is 24.4 Å². The molecule has 0 aromatic heterocycles. The summed E-state index contributed by atoms with van der Waals surface area (Å²) in [6, 6.07) is 0. The van der Waals surface area contributed by atoms with E-state index in [1.54, 1.807) is 6.26 Å². The maximum atomic E-state index is 9.78. The van der Waals surface area contributed by atoms with Crippen LogP contribution in [0.5, 0.6) is 0 Å². The van der Waals surface area contributed by atoms with Crippen molar-refractivity contribution in [2.75, 3.05) is 13.2 Å². The molecule has 0 saturated carbocycles. The molecule has 5 heteroatoms. The highest BCUT2D eigenvalue weighted by atomic mass is 16.5. The molecule has 4 atom stereocenters. The Morgan fingerprint density at radius 1 is 1.25 bits per heavy atom. The number of allylic oxidation sites excluding steroid dienone is 1. The molecule has 0 aliphatic carbocycles. The minimum Gasteiger partial charge on any atom is -0.499 e. The van der Waals surface area contributed by atoms with E-state index in [4.69, 9.17) is 9.47 Å². The fraction of sp³-hybridized carbons (Fsp3) is 0.867. The lowest BCUT2D eigenvalue weighted by Gasteiger charge is -2.20. The highest BCUT2D eigenvalue weighted by molar-refractivity contribution is 4.88. The van der Waals surface area contributed by atoms with E-state index in [1.807, 2.05) is 6.08 Å². The second-order valence-electron chi connectivity index (χ2n) is 5.33. The van der Waals surface area contributed by atoms with Crippen LogP contribution in [0.15, 0.2) is 12.3 Å². The molecular weight excluding hydrogens is 260 g/mol. The average Bonchev–Trinajstić information content (AvgIpc) is 2.77. The number of unbranched alkanes of at least 4 members (excludes halogenated alkanes) is 5. The zero-order chi connectivity index (χ0) is 14.8. The maximum Gasteiger partial charge on any atom is 0.117 e. The first-order valence-corrected chi connectivity index (χ1v) is 7.59. The summed E-state index contributed by atoms with van der Waals surface area (Å²) in [5.74, 6) is 0. The van der Waals surface area contributed by atoms with E-state index in [0.29, 0.717) is 0 Å². The van der Waals surface area contributed by atoms with Gasteiger partial charge in [0.15, 0.2) is 0 Å². The van der Waals surface area contributed by atoms with Gasteiger partial charge in [0, 0.05) is 0 Å². The van der Waals surface area contributed by atoms with Crippen LogP contribution in [0.2, 0.25) is 0 Å². The van der Waals surface area contributed by atoms with Crippen molar-refractivity contribution < 1.29 is 24.8 Å². The highest BCUT2D eigenvalue weighted by Crippen LogP contribution is 2.17. The second-order valence-corrected chi connectivity index (χ2v) is 5.33. The van der Waals surface area contributed by atoms with Crippen molar-refractivity contribution in [3.63, 3.8) is 0 Å². The summed E-state index contributed by atoms with van der Waals surface area (Å²) in [5, 5.41) is 28.7. The number of aliphatic hydroxyl groups excluding tert-OH is 3. The van der Waals surface area contributed by atoms with Crippen molar-refractivity contribution in [3.8, 4) is 0 Å². The highest BCUT2D eigenvalue weighted by Gasteiger charge is 2.39. The van der Waals surface area contributed by atoms with Crippen LogP contribution in [0.25, 0.3) is 0 Å². The zero-order valence-corrected chi connectivity index (χ0v) is 12.3. The van der Waals surface area contributed by atoms with E-state index >= 15 is 0 Å². The summed E-state index contributed by atoms with van der Waals surface area (Å²) in [6.45, 7) is 2.31. The molecule has 1 saturated heterocycles. The molecule has 0 aromatic carbocycles. The normalized spacial score (nSPS) is 28.1. The Morgan fingerprint density at radius 3 is 2.65 bits per heavy atom. The van der Waals surface area contributed by atoms with Crippen LogP contribution in [-0.4, -0.2) is 52.9 Å². The quantitative estimate of drug-likeness (QED) is 0.418. The van der Waals surface area contributed by atoms with Gasteiger partial charge in [-0.25, -0.2) is 0 Å². The van der Waals surface area contributed by atoms with Gasteiger partial charge < -0.3 is 24.8 Å². The molecule has 0 spiro atoms. The van der Waals surface area contributed by atoms with Gasteiger partial charge in [0.25, 0.3) is 0 Å². The standard InChI is InChI=1S/C15H28O5/c1-2-3-4-5-6-7-8-9-19-10-13(17)15-14(18)12(16)11-20-15/h8-9,12-18H,2-7,10-11H2,1H3/b9-8+/t12-,13+,14-,15-/m1/s1. The summed E-state index contributed by atoms with van der Waals surface area (Å²) in [7, 11) is 0. The molecule has 0 unspecified atom stereocenters. The van der Waals surface area contributed by atoms with Crippen LogP contribution >= 0.6 is 0 Å². The topological polar surface area (TPSA) is 79.2 Å². The zero-order valence-electron chi connectivity index (χ0n) is 12.3. The van der Waals surface area contributed by atoms with Gasteiger partial charge in [0.2, 0.25) is 0 Å². The fourth-order valence-electron chi connectivity index (χ4n) is 2.22. The molecule has 1 aliphatic rings. The molecule has 0 radical (unpaired) electrons. The van der Waals surface area contributed by atoms with E-state index in [2.05, 4.69) is 6.92 Å². The summed E-state index contributed by atoms with van der Waals surface area (Å²) in [4.78, 5) is 0. The molecule has 20 heavy (non-hydrogen) atoms. The Morgan fingerprint density at radius 2 is 2.00 bits per heavy atom. The van der Waals surface area contributed by atoms with Crippen LogP contribution in [0.1, 0.15) is 45.4 Å². The van der Waals surface area contributed by atoms with E-state index in [-0.39, 0.29) is 13.2 Å². The summed E-state index contributed by atoms with van der Waals surface area (Å²) >= 11 is 0. The third-order valence-corrected chi connectivity index (χ3v) is 3.50. The van der Waals surface area contributed by atoms with Crippen molar-refractivity contribution in [2.24, 2.45) is 0 Å². The van der Waals surface area contributed by atoms with Crippen molar-refractivity contribution in [2.45, 2.75) is 69.9 Å². The van der Waals surface area contributed by atoms with Gasteiger partial charge in [-0.3, -0.25) is 0 Å². The minimum atomic E-state index is -1.05. The van der Waals surface area contributed by atoms with Gasteiger partial charge in [0.05, 0.1) is 12.9 Å². The lowest BCUT2D eigenvalue weighted by Crippen LogP contribution is -2.40. The lowest BCUT2D eigenvalue weighted by molar-refractivity contribution is -0.0703. The average molecular weight is 288 g/mol.